The van der Waals surface area contributed by atoms with Crippen LogP contribution in [0.5, 0.6) is 23.0 Å². The number of benzene rings is 3. The second-order valence-electron chi connectivity index (χ2n) is 8.17. The molecule has 2 atom stereocenters. The van der Waals surface area contributed by atoms with E-state index in [9.17, 15) is 19.8 Å². The fourth-order valence-corrected chi connectivity index (χ4v) is 3.85. The maximum Gasteiger partial charge on any atom is 0.178 e. The molecule has 1 aliphatic rings. The molecule has 36 heavy (non-hydrogen) atoms. The van der Waals surface area contributed by atoms with Crippen LogP contribution < -0.4 is 0 Å². The number of allylic oxidation sites excluding steroid dienone is 4. The summed E-state index contributed by atoms with van der Waals surface area (Å²) >= 11 is 0. The minimum atomic E-state index is -0.121. The average molecular weight is 489 g/mol. The number of phenolic OH excluding ortho intramolecular Hbond substituents is 4. The first-order chi connectivity index (χ1) is 17.2. The molecule has 0 bridgehead atoms. The fraction of sp³-hybridized carbons (Fsp3) is 0.200. The van der Waals surface area contributed by atoms with Gasteiger partial charge < -0.3 is 20.4 Å². The van der Waals surface area contributed by atoms with E-state index in [0.717, 1.165) is 12.8 Å². The van der Waals surface area contributed by atoms with E-state index in [1.54, 1.807) is 36.4 Å². The summed E-state index contributed by atoms with van der Waals surface area (Å²) in [5, 5.41) is 36.2. The lowest BCUT2D eigenvalue weighted by Gasteiger charge is -2.26. The number of phenols is 4. The molecule has 3 aromatic carbocycles. The maximum absolute atomic E-state index is 10.3. The van der Waals surface area contributed by atoms with Crippen molar-refractivity contribution in [2.45, 2.75) is 38.5 Å². The van der Waals surface area contributed by atoms with Gasteiger partial charge in [-0.25, -0.2) is 0 Å². The van der Waals surface area contributed by atoms with Crippen molar-refractivity contribution in [2.24, 2.45) is 0 Å². The van der Waals surface area contributed by atoms with Crippen LogP contribution in [0.3, 0.4) is 0 Å². The zero-order chi connectivity index (χ0) is 26.5. The summed E-state index contributed by atoms with van der Waals surface area (Å²) in [5.41, 5.74) is 2.51. The standard InChI is InChI=1S/C18H22O2.C6H4O2.C6H6O2/c1-3-17(13-5-9-15(19)10-6-13)18(4-2)14-7-11-16(20)12-8-14;7-5-1-2-6(8)4-3-5;7-5-3-1-2-4-6(5)8/h5-12,17-20H,3-4H2,1-2H3;1-4H;1-4,7-8H/t17-,18+;;. The first-order valence-corrected chi connectivity index (χ1v) is 11.7. The maximum atomic E-state index is 10.3. The third kappa shape index (κ3) is 8.80. The molecule has 0 aromatic heterocycles. The molecule has 0 unspecified atom stereocenters. The number of para-hydroxylation sites is 2. The van der Waals surface area contributed by atoms with E-state index in [1.165, 1.54) is 47.6 Å². The van der Waals surface area contributed by atoms with Gasteiger partial charge in [-0.05, 0) is 96.5 Å². The van der Waals surface area contributed by atoms with Crippen LogP contribution in [-0.2, 0) is 9.59 Å². The first kappa shape index (κ1) is 27.9. The van der Waals surface area contributed by atoms with E-state index in [0.29, 0.717) is 23.3 Å². The average Bonchev–Trinajstić information content (AvgIpc) is 2.88. The van der Waals surface area contributed by atoms with Crippen LogP contribution in [0.4, 0.5) is 0 Å². The Morgan fingerprint density at radius 1 is 0.528 bits per heavy atom. The van der Waals surface area contributed by atoms with Gasteiger partial charge in [-0.15, -0.1) is 0 Å². The third-order valence-corrected chi connectivity index (χ3v) is 5.71. The summed E-state index contributed by atoms with van der Waals surface area (Å²) in [6, 6.07) is 21.2. The van der Waals surface area contributed by atoms with Gasteiger partial charge >= 0.3 is 0 Å². The second-order valence-corrected chi connectivity index (χ2v) is 8.17. The summed E-state index contributed by atoms with van der Waals surface area (Å²) in [7, 11) is 0. The summed E-state index contributed by atoms with van der Waals surface area (Å²) in [5.74, 6) is 1.06. The molecule has 0 fully saturated rings. The monoisotopic (exact) mass is 488 g/mol. The number of carbonyl (C=O) groups excluding carboxylic acids is 2. The van der Waals surface area contributed by atoms with E-state index in [1.807, 2.05) is 24.3 Å². The Kier molecular flexibility index (Phi) is 11.0. The summed E-state index contributed by atoms with van der Waals surface area (Å²) in [6.45, 7) is 4.39. The fourth-order valence-electron chi connectivity index (χ4n) is 3.85. The minimum absolute atomic E-state index is 0.0764. The topological polar surface area (TPSA) is 115 Å². The molecule has 0 heterocycles. The van der Waals surface area contributed by atoms with Gasteiger partial charge in [0.1, 0.15) is 11.5 Å². The van der Waals surface area contributed by atoms with Crippen LogP contribution in [0.15, 0.2) is 97.1 Å². The zero-order valence-electron chi connectivity index (χ0n) is 20.4. The Bertz CT molecular complexity index is 1070. The Morgan fingerprint density at radius 2 is 0.833 bits per heavy atom. The van der Waals surface area contributed by atoms with Crippen LogP contribution in [-0.4, -0.2) is 32.0 Å². The molecule has 6 heteroatoms. The van der Waals surface area contributed by atoms with Crippen molar-refractivity contribution in [3.8, 4) is 23.0 Å². The lowest BCUT2D eigenvalue weighted by molar-refractivity contribution is -0.113. The quantitative estimate of drug-likeness (QED) is 0.254. The third-order valence-electron chi connectivity index (χ3n) is 5.71. The second kappa shape index (κ2) is 14.2. The molecule has 0 amide bonds. The Balaban J connectivity index is 0.000000232. The molecule has 0 saturated carbocycles. The van der Waals surface area contributed by atoms with Gasteiger partial charge in [0.25, 0.3) is 0 Å². The van der Waals surface area contributed by atoms with Crippen LogP contribution >= 0.6 is 0 Å². The van der Waals surface area contributed by atoms with E-state index in [-0.39, 0.29) is 23.1 Å². The van der Waals surface area contributed by atoms with Crippen molar-refractivity contribution in [1.82, 2.24) is 0 Å². The number of aromatic hydroxyl groups is 4. The van der Waals surface area contributed by atoms with E-state index < -0.39 is 0 Å². The summed E-state index contributed by atoms with van der Waals surface area (Å²) in [6.07, 6.45) is 7.10. The molecule has 3 aromatic rings. The molecule has 4 rings (SSSR count). The largest absolute Gasteiger partial charge is 0.508 e. The zero-order valence-corrected chi connectivity index (χ0v) is 20.4. The van der Waals surface area contributed by atoms with Crippen LogP contribution in [0.1, 0.15) is 49.7 Å². The van der Waals surface area contributed by atoms with Gasteiger partial charge in [-0.3, -0.25) is 9.59 Å². The highest BCUT2D eigenvalue weighted by atomic mass is 16.3. The van der Waals surface area contributed by atoms with Crippen LogP contribution in [0.2, 0.25) is 0 Å². The summed E-state index contributed by atoms with van der Waals surface area (Å²) < 4.78 is 0. The van der Waals surface area contributed by atoms with Crippen LogP contribution in [0, 0.1) is 0 Å². The van der Waals surface area contributed by atoms with Crippen molar-refractivity contribution in [3.05, 3.63) is 108 Å². The molecule has 1 aliphatic carbocycles. The van der Waals surface area contributed by atoms with Crippen molar-refractivity contribution in [3.63, 3.8) is 0 Å². The van der Waals surface area contributed by atoms with E-state index >= 15 is 0 Å². The minimum Gasteiger partial charge on any atom is -0.508 e. The number of hydrogen-bond donors (Lipinski definition) is 4. The molecule has 0 radical (unpaired) electrons. The predicted molar refractivity (Wildman–Crippen MR) is 140 cm³/mol. The molecule has 0 spiro atoms. The van der Waals surface area contributed by atoms with Crippen molar-refractivity contribution >= 4 is 11.6 Å². The van der Waals surface area contributed by atoms with Gasteiger partial charge in [-0.2, -0.15) is 0 Å². The van der Waals surface area contributed by atoms with Gasteiger partial charge in [-0.1, -0.05) is 50.2 Å². The van der Waals surface area contributed by atoms with Gasteiger partial charge in [0.15, 0.2) is 23.1 Å². The van der Waals surface area contributed by atoms with Crippen molar-refractivity contribution in [2.75, 3.05) is 0 Å². The summed E-state index contributed by atoms with van der Waals surface area (Å²) in [4.78, 5) is 20.6. The van der Waals surface area contributed by atoms with E-state index in [4.69, 9.17) is 10.2 Å². The smallest absolute Gasteiger partial charge is 0.178 e. The highest BCUT2D eigenvalue weighted by molar-refractivity contribution is 6.14. The van der Waals surface area contributed by atoms with Gasteiger partial charge in [0.05, 0.1) is 0 Å². The lowest BCUT2D eigenvalue weighted by atomic mass is 9.78. The molecular weight excluding hydrogens is 456 g/mol. The highest BCUT2D eigenvalue weighted by Gasteiger charge is 2.22. The highest BCUT2D eigenvalue weighted by Crippen LogP contribution is 2.38. The first-order valence-electron chi connectivity index (χ1n) is 11.7. The Morgan fingerprint density at radius 3 is 1.08 bits per heavy atom. The molecule has 0 aliphatic heterocycles. The number of hydrogen-bond acceptors (Lipinski definition) is 6. The van der Waals surface area contributed by atoms with Crippen molar-refractivity contribution in [1.29, 1.82) is 0 Å². The molecule has 188 valence electrons. The van der Waals surface area contributed by atoms with Crippen LogP contribution in [0.25, 0.3) is 0 Å². The Hall–Kier alpha value is -4.32. The van der Waals surface area contributed by atoms with Crippen molar-refractivity contribution < 1.29 is 30.0 Å². The Labute approximate surface area is 211 Å². The number of ketones is 2. The predicted octanol–water partition coefficient (Wildman–Crippen LogP) is 6.13. The SMILES string of the molecule is CC[C@H](c1ccc(O)cc1)[C@@H](CC)c1ccc(O)cc1.O=C1C=CC(=O)C=C1.Oc1ccccc1O. The molecular formula is C30H32O6. The number of carbonyl (C=O) groups is 2. The van der Waals surface area contributed by atoms with E-state index in [2.05, 4.69) is 13.8 Å². The molecule has 0 saturated heterocycles. The normalized spacial score (nSPS) is 13.6. The van der Waals surface area contributed by atoms with Gasteiger partial charge in [0.2, 0.25) is 0 Å². The van der Waals surface area contributed by atoms with Gasteiger partial charge in [0, 0.05) is 0 Å². The number of rotatable bonds is 5. The lowest BCUT2D eigenvalue weighted by Crippen LogP contribution is -2.10. The molecule has 6 nitrogen and oxygen atoms in total. The molecule has 4 N–H and O–H groups in total.